The van der Waals surface area contributed by atoms with E-state index in [9.17, 15) is 13.2 Å². The number of nitrogens with zero attached hydrogens (tertiary/aromatic N) is 1. The van der Waals surface area contributed by atoms with Crippen molar-refractivity contribution < 1.29 is 17.9 Å². The van der Waals surface area contributed by atoms with Gasteiger partial charge in [0.2, 0.25) is 0 Å². The van der Waals surface area contributed by atoms with Gasteiger partial charge in [0.05, 0.1) is 12.0 Å². The van der Waals surface area contributed by atoms with Crippen LogP contribution in [0.2, 0.25) is 0 Å². The zero-order valence-corrected chi connectivity index (χ0v) is 18.4. The Kier molecular flexibility index (Phi) is 6.06. The van der Waals surface area contributed by atoms with Gasteiger partial charge in [-0.3, -0.25) is 14.5 Å². The summed E-state index contributed by atoms with van der Waals surface area (Å²) in [6, 6.07) is 17.7. The van der Waals surface area contributed by atoms with Crippen LogP contribution in [0.5, 0.6) is 5.75 Å². The van der Waals surface area contributed by atoms with Gasteiger partial charge in [-0.15, -0.1) is 11.3 Å². The van der Waals surface area contributed by atoms with Crippen molar-refractivity contribution >= 4 is 38.8 Å². The SMILES string of the molecule is COc1cc(-c2ccccc2)sc1C(=O)Nc1cccc(S(=O)(=O)NC2=NCCC2)c1. The Labute approximate surface area is 184 Å². The first-order valence-electron chi connectivity index (χ1n) is 9.67. The van der Waals surface area contributed by atoms with Crippen molar-refractivity contribution in [3.05, 3.63) is 65.5 Å². The first-order chi connectivity index (χ1) is 15.0. The minimum Gasteiger partial charge on any atom is -0.495 e. The van der Waals surface area contributed by atoms with Crippen LogP contribution in [0.25, 0.3) is 10.4 Å². The lowest BCUT2D eigenvalue weighted by atomic mass is 10.2. The topological polar surface area (TPSA) is 96.9 Å². The second-order valence-corrected chi connectivity index (χ2v) is 9.63. The zero-order valence-electron chi connectivity index (χ0n) is 16.8. The molecular weight excluding hydrogens is 434 g/mol. The third kappa shape index (κ3) is 4.78. The molecule has 9 heteroatoms. The van der Waals surface area contributed by atoms with Crippen LogP contribution in [0.15, 0.2) is 70.6 Å². The molecule has 0 spiro atoms. The number of rotatable bonds is 6. The van der Waals surface area contributed by atoms with Crippen molar-refractivity contribution in [2.75, 3.05) is 19.0 Å². The summed E-state index contributed by atoms with van der Waals surface area (Å²) in [5.41, 5.74) is 1.36. The van der Waals surface area contributed by atoms with Crippen molar-refractivity contribution in [3.63, 3.8) is 0 Å². The number of carbonyl (C=O) groups is 1. The molecule has 160 valence electrons. The molecule has 0 atom stereocenters. The Morgan fingerprint density at radius 2 is 1.90 bits per heavy atom. The number of benzene rings is 2. The van der Waals surface area contributed by atoms with E-state index in [0.29, 0.717) is 35.1 Å². The van der Waals surface area contributed by atoms with Crippen LogP contribution in [0.3, 0.4) is 0 Å². The molecule has 0 saturated carbocycles. The van der Waals surface area contributed by atoms with Crippen LogP contribution in [-0.2, 0) is 10.0 Å². The third-order valence-electron chi connectivity index (χ3n) is 4.71. The van der Waals surface area contributed by atoms with Gasteiger partial charge in [0.1, 0.15) is 16.5 Å². The summed E-state index contributed by atoms with van der Waals surface area (Å²) in [6.45, 7) is 0.627. The number of hydrogen-bond acceptors (Lipinski definition) is 6. The second kappa shape index (κ2) is 8.91. The predicted octanol–water partition coefficient (Wildman–Crippen LogP) is 4.15. The number of aliphatic imine (C=N–C) groups is 1. The van der Waals surface area contributed by atoms with E-state index >= 15 is 0 Å². The molecule has 0 radical (unpaired) electrons. The normalized spacial score (nSPS) is 13.5. The molecule has 0 fully saturated rings. The van der Waals surface area contributed by atoms with Crippen molar-refractivity contribution in [3.8, 4) is 16.2 Å². The van der Waals surface area contributed by atoms with Crippen LogP contribution >= 0.6 is 11.3 Å². The Balaban J connectivity index is 1.55. The summed E-state index contributed by atoms with van der Waals surface area (Å²) in [6.07, 6.45) is 1.44. The van der Waals surface area contributed by atoms with Crippen molar-refractivity contribution in [1.82, 2.24) is 4.72 Å². The van der Waals surface area contributed by atoms with Gasteiger partial charge >= 0.3 is 0 Å². The standard InChI is InChI=1S/C22H21N3O4S2/c1-29-18-14-19(15-7-3-2-4-8-15)30-21(18)22(26)24-16-9-5-10-17(13-16)31(27,28)25-20-11-6-12-23-20/h2-5,7-10,13-14H,6,11-12H2,1H3,(H,23,25)(H,24,26). The molecule has 7 nitrogen and oxygen atoms in total. The van der Waals surface area contributed by atoms with E-state index in [1.165, 1.54) is 30.6 Å². The lowest BCUT2D eigenvalue weighted by Gasteiger charge is -2.10. The van der Waals surface area contributed by atoms with Gasteiger partial charge in [0.25, 0.3) is 15.9 Å². The average molecular weight is 456 g/mol. The van der Waals surface area contributed by atoms with E-state index < -0.39 is 10.0 Å². The summed E-state index contributed by atoms with van der Waals surface area (Å²) < 4.78 is 33.2. The smallest absolute Gasteiger partial charge is 0.269 e. The Morgan fingerprint density at radius 3 is 2.61 bits per heavy atom. The minimum absolute atomic E-state index is 0.0584. The summed E-state index contributed by atoms with van der Waals surface area (Å²) in [5.74, 6) is 0.559. The molecule has 1 aliphatic heterocycles. The molecule has 0 saturated heterocycles. The number of thiophene rings is 1. The second-order valence-electron chi connectivity index (χ2n) is 6.89. The molecule has 3 aromatic rings. The highest BCUT2D eigenvalue weighted by Crippen LogP contribution is 2.36. The van der Waals surface area contributed by atoms with Gasteiger partial charge in [0.15, 0.2) is 0 Å². The van der Waals surface area contributed by atoms with Crippen LogP contribution < -0.4 is 14.8 Å². The van der Waals surface area contributed by atoms with E-state index in [4.69, 9.17) is 4.74 Å². The summed E-state index contributed by atoms with van der Waals surface area (Å²) in [4.78, 5) is 18.4. The molecule has 1 aliphatic rings. The molecule has 2 aromatic carbocycles. The Morgan fingerprint density at radius 1 is 1.10 bits per heavy atom. The number of ether oxygens (including phenoxy) is 1. The summed E-state index contributed by atoms with van der Waals surface area (Å²) in [5, 5.41) is 2.77. The lowest BCUT2D eigenvalue weighted by Crippen LogP contribution is -2.29. The Hall–Kier alpha value is -3.17. The number of sulfonamides is 1. The van der Waals surface area contributed by atoms with E-state index in [2.05, 4.69) is 15.0 Å². The van der Waals surface area contributed by atoms with E-state index in [1.54, 1.807) is 12.1 Å². The van der Waals surface area contributed by atoms with Crippen molar-refractivity contribution in [2.24, 2.45) is 4.99 Å². The van der Waals surface area contributed by atoms with Crippen LogP contribution in [0.4, 0.5) is 5.69 Å². The monoisotopic (exact) mass is 455 g/mol. The largest absolute Gasteiger partial charge is 0.495 e. The van der Waals surface area contributed by atoms with Gasteiger partial charge in [0, 0.05) is 23.5 Å². The highest BCUT2D eigenvalue weighted by Gasteiger charge is 2.21. The fourth-order valence-corrected chi connectivity index (χ4v) is 5.36. The average Bonchev–Trinajstić information content (AvgIpc) is 3.44. The lowest BCUT2D eigenvalue weighted by molar-refractivity contribution is 0.102. The molecule has 1 amide bonds. The number of amides is 1. The van der Waals surface area contributed by atoms with Gasteiger partial charge in [-0.25, -0.2) is 8.42 Å². The number of amidine groups is 1. The Bertz CT molecular complexity index is 1230. The number of anilines is 1. The first kappa shape index (κ1) is 21.1. The molecule has 2 heterocycles. The fraction of sp³-hybridized carbons (Fsp3) is 0.182. The fourth-order valence-electron chi connectivity index (χ4n) is 3.19. The highest BCUT2D eigenvalue weighted by molar-refractivity contribution is 7.90. The molecule has 2 N–H and O–H groups in total. The molecule has 0 bridgehead atoms. The van der Waals surface area contributed by atoms with E-state index in [1.807, 2.05) is 36.4 Å². The van der Waals surface area contributed by atoms with E-state index in [-0.39, 0.29) is 10.8 Å². The van der Waals surface area contributed by atoms with E-state index in [0.717, 1.165) is 16.9 Å². The van der Waals surface area contributed by atoms with Gasteiger partial charge in [-0.2, -0.15) is 0 Å². The minimum atomic E-state index is -3.77. The predicted molar refractivity (Wildman–Crippen MR) is 123 cm³/mol. The first-order valence-corrected chi connectivity index (χ1v) is 12.0. The molecule has 31 heavy (non-hydrogen) atoms. The van der Waals surface area contributed by atoms with Crippen LogP contribution in [0, 0.1) is 0 Å². The van der Waals surface area contributed by atoms with Gasteiger partial charge < -0.3 is 10.1 Å². The highest BCUT2D eigenvalue weighted by atomic mass is 32.2. The molecule has 0 unspecified atom stereocenters. The molecular formula is C22H21N3O4S2. The number of carbonyl (C=O) groups excluding carboxylic acids is 1. The van der Waals surface area contributed by atoms with Crippen LogP contribution in [0.1, 0.15) is 22.5 Å². The molecule has 4 rings (SSSR count). The third-order valence-corrected chi connectivity index (χ3v) is 7.25. The maximum Gasteiger partial charge on any atom is 0.269 e. The van der Waals surface area contributed by atoms with Crippen molar-refractivity contribution in [1.29, 1.82) is 0 Å². The van der Waals surface area contributed by atoms with Crippen molar-refractivity contribution in [2.45, 2.75) is 17.7 Å². The molecule has 1 aromatic heterocycles. The van der Waals surface area contributed by atoms with Crippen LogP contribution in [-0.4, -0.2) is 33.8 Å². The quantitative estimate of drug-likeness (QED) is 0.584. The van der Waals surface area contributed by atoms with Gasteiger partial charge in [-0.1, -0.05) is 36.4 Å². The number of nitrogens with one attached hydrogen (secondary N) is 2. The molecule has 0 aliphatic carbocycles. The summed E-state index contributed by atoms with van der Waals surface area (Å²) >= 11 is 1.31. The maximum atomic E-state index is 12.9. The number of methoxy groups -OCH3 is 1. The number of hydrogen-bond donors (Lipinski definition) is 2. The zero-order chi connectivity index (χ0) is 21.8. The summed E-state index contributed by atoms with van der Waals surface area (Å²) in [7, 11) is -2.25. The maximum absolute atomic E-state index is 12.9. The van der Waals surface area contributed by atoms with Gasteiger partial charge in [-0.05, 0) is 36.2 Å².